The van der Waals surface area contributed by atoms with E-state index in [1.165, 1.54) is 17.1 Å². The van der Waals surface area contributed by atoms with E-state index in [1.54, 1.807) is 12.3 Å². The van der Waals surface area contributed by atoms with Gasteiger partial charge in [-0.1, -0.05) is 0 Å². The number of nitrogens with zero attached hydrogens (tertiary/aromatic N) is 2. The van der Waals surface area contributed by atoms with Crippen molar-refractivity contribution in [2.45, 2.75) is 25.9 Å². The number of hydrogen-bond donors (Lipinski definition) is 3. The van der Waals surface area contributed by atoms with Gasteiger partial charge in [-0.2, -0.15) is 5.10 Å². The molecule has 0 aromatic carbocycles. The Labute approximate surface area is 121 Å². The first-order chi connectivity index (χ1) is 10.0. The van der Waals surface area contributed by atoms with Crippen LogP contribution in [0.2, 0.25) is 0 Å². The smallest absolute Gasteiger partial charge is 0.319 e. The molecule has 0 radical (unpaired) electrons. The highest BCUT2D eigenvalue weighted by Gasteiger charge is 2.10. The molecular weight excluding hydrogens is 274 g/mol. The molecule has 8 heteroatoms. The van der Waals surface area contributed by atoms with Crippen LogP contribution in [0.25, 0.3) is 0 Å². The summed E-state index contributed by atoms with van der Waals surface area (Å²) in [6, 6.07) is 3.21. The fourth-order valence-electron chi connectivity index (χ4n) is 1.85. The van der Waals surface area contributed by atoms with Crippen molar-refractivity contribution in [3.05, 3.63) is 36.5 Å². The van der Waals surface area contributed by atoms with Crippen LogP contribution in [0.4, 0.5) is 10.5 Å². The van der Waals surface area contributed by atoms with Crippen LogP contribution >= 0.6 is 0 Å². The van der Waals surface area contributed by atoms with Gasteiger partial charge in [-0.25, -0.2) is 4.79 Å². The molecule has 1 atom stereocenters. The van der Waals surface area contributed by atoms with Gasteiger partial charge in [0, 0.05) is 18.7 Å². The van der Waals surface area contributed by atoms with Crippen molar-refractivity contribution >= 4 is 17.6 Å². The summed E-state index contributed by atoms with van der Waals surface area (Å²) < 4.78 is 6.57. The number of nitrogens with two attached hydrogens (primary N) is 1. The molecule has 0 bridgehead atoms. The normalized spacial score (nSPS) is 11.9. The lowest BCUT2D eigenvalue weighted by molar-refractivity contribution is -0.118. The Balaban J connectivity index is 1.81. The van der Waals surface area contributed by atoms with E-state index in [4.69, 9.17) is 10.2 Å². The van der Waals surface area contributed by atoms with Crippen molar-refractivity contribution < 1.29 is 14.0 Å². The van der Waals surface area contributed by atoms with Crippen LogP contribution in [0.5, 0.6) is 0 Å². The molecule has 0 aliphatic rings. The summed E-state index contributed by atoms with van der Waals surface area (Å²) in [5.41, 5.74) is 5.54. The molecular formula is C13H17N5O3. The Morgan fingerprint density at radius 3 is 3.00 bits per heavy atom. The first-order valence-electron chi connectivity index (χ1n) is 6.43. The summed E-state index contributed by atoms with van der Waals surface area (Å²) in [5, 5.41) is 9.32. The molecule has 2 aromatic heterocycles. The van der Waals surface area contributed by atoms with E-state index in [0.717, 1.165) is 5.76 Å². The number of hydrogen-bond acceptors (Lipinski definition) is 4. The number of primary amides is 1. The molecule has 2 heterocycles. The highest BCUT2D eigenvalue weighted by molar-refractivity contribution is 5.89. The van der Waals surface area contributed by atoms with Crippen LogP contribution in [-0.2, 0) is 17.8 Å². The second kappa shape index (κ2) is 6.60. The van der Waals surface area contributed by atoms with Crippen molar-refractivity contribution in [2.24, 2.45) is 5.73 Å². The second-order valence-corrected chi connectivity index (χ2v) is 4.68. The molecule has 0 saturated heterocycles. The van der Waals surface area contributed by atoms with Gasteiger partial charge < -0.3 is 20.8 Å². The van der Waals surface area contributed by atoms with Crippen LogP contribution in [0.1, 0.15) is 12.7 Å². The number of urea groups is 1. The van der Waals surface area contributed by atoms with Crippen LogP contribution in [-0.4, -0.2) is 27.8 Å². The third-order valence-corrected chi connectivity index (χ3v) is 2.67. The van der Waals surface area contributed by atoms with Gasteiger partial charge >= 0.3 is 6.03 Å². The average Bonchev–Trinajstić information content (AvgIpc) is 3.00. The Bertz CT molecular complexity index is 605. The predicted molar refractivity (Wildman–Crippen MR) is 75.4 cm³/mol. The highest BCUT2D eigenvalue weighted by atomic mass is 16.3. The van der Waals surface area contributed by atoms with E-state index >= 15 is 0 Å². The van der Waals surface area contributed by atoms with Crippen LogP contribution in [0.3, 0.4) is 0 Å². The standard InChI is InChI=1S/C13H17N5O3/c1-9(5-11-3-2-4-21-11)16-13(20)17-10-6-15-18(7-10)8-12(14)19/h2-4,6-7,9H,5,8H2,1H3,(H2,14,19)(H2,16,17,20). The molecule has 0 aliphatic carbocycles. The molecule has 21 heavy (non-hydrogen) atoms. The van der Waals surface area contributed by atoms with Gasteiger partial charge in [0.1, 0.15) is 12.3 Å². The fraction of sp³-hybridized carbons (Fsp3) is 0.308. The number of aromatic nitrogens is 2. The van der Waals surface area contributed by atoms with Crippen LogP contribution in [0.15, 0.2) is 35.2 Å². The fourth-order valence-corrected chi connectivity index (χ4v) is 1.85. The summed E-state index contributed by atoms with van der Waals surface area (Å²) in [6.07, 6.45) is 5.16. The Kier molecular flexibility index (Phi) is 4.60. The summed E-state index contributed by atoms with van der Waals surface area (Å²) >= 11 is 0. The number of amides is 3. The van der Waals surface area contributed by atoms with E-state index in [9.17, 15) is 9.59 Å². The Morgan fingerprint density at radius 2 is 2.33 bits per heavy atom. The van der Waals surface area contributed by atoms with Crippen molar-refractivity contribution in [3.63, 3.8) is 0 Å². The summed E-state index contributed by atoms with van der Waals surface area (Å²) in [7, 11) is 0. The predicted octanol–water partition coefficient (Wildman–Crippen LogP) is 0.714. The summed E-state index contributed by atoms with van der Waals surface area (Å²) in [4.78, 5) is 22.6. The number of furan rings is 1. The maximum Gasteiger partial charge on any atom is 0.319 e. The zero-order valence-corrected chi connectivity index (χ0v) is 11.6. The van der Waals surface area contributed by atoms with Gasteiger partial charge in [-0.05, 0) is 19.1 Å². The summed E-state index contributed by atoms with van der Waals surface area (Å²) in [5.74, 6) is 0.304. The average molecular weight is 291 g/mol. The maximum atomic E-state index is 11.8. The maximum absolute atomic E-state index is 11.8. The molecule has 112 valence electrons. The minimum atomic E-state index is -0.499. The molecule has 1 unspecified atom stereocenters. The molecule has 3 amide bonds. The molecule has 0 saturated carbocycles. The molecule has 2 rings (SSSR count). The van der Waals surface area contributed by atoms with E-state index < -0.39 is 5.91 Å². The highest BCUT2D eigenvalue weighted by Crippen LogP contribution is 2.06. The number of carbonyl (C=O) groups is 2. The third-order valence-electron chi connectivity index (χ3n) is 2.67. The zero-order valence-electron chi connectivity index (χ0n) is 11.6. The topological polar surface area (TPSA) is 115 Å². The van der Waals surface area contributed by atoms with Gasteiger partial charge in [0.2, 0.25) is 5.91 Å². The quantitative estimate of drug-likeness (QED) is 0.727. The number of anilines is 1. The lowest BCUT2D eigenvalue weighted by Crippen LogP contribution is -2.37. The SMILES string of the molecule is CC(Cc1ccco1)NC(=O)Nc1cnn(CC(N)=O)c1. The molecule has 0 spiro atoms. The Morgan fingerprint density at radius 1 is 1.52 bits per heavy atom. The lowest BCUT2D eigenvalue weighted by atomic mass is 10.2. The van der Waals surface area contributed by atoms with E-state index in [-0.39, 0.29) is 18.6 Å². The van der Waals surface area contributed by atoms with Gasteiger partial charge in [0.15, 0.2) is 0 Å². The number of carbonyl (C=O) groups excluding carboxylic acids is 2. The van der Waals surface area contributed by atoms with Gasteiger partial charge in [0.25, 0.3) is 0 Å². The minimum Gasteiger partial charge on any atom is -0.469 e. The zero-order chi connectivity index (χ0) is 15.2. The van der Waals surface area contributed by atoms with Crippen LogP contribution < -0.4 is 16.4 Å². The number of rotatable bonds is 6. The molecule has 8 nitrogen and oxygen atoms in total. The van der Waals surface area contributed by atoms with Crippen molar-refractivity contribution in [2.75, 3.05) is 5.32 Å². The van der Waals surface area contributed by atoms with Gasteiger partial charge in [0.05, 0.1) is 18.1 Å². The molecule has 0 aliphatic heterocycles. The largest absolute Gasteiger partial charge is 0.469 e. The van der Waals surface area contributed by atoms with Crippen molar-refractivity contribution in [1.29, 1.82) is 0 Å². The Hall–Kier alpha value is -2.77. The molecule has 4 N–H and O–H groups in total. The van der Waals surface area contributed by atoms with Crippen LogP contribution in [0, 0.1) is 0 Å². The second-order valence-electron chi connectivity index (χ2n) is 4.68. The van der Waals surface area contributed by atoms with E-state index in [2.05, 4.69) is 15.7 Å². The van der Waals surface area contributed by atoms with Crippen molar-refractivity contribution in [1.82, 2.24) is 15.1 Å². The van der Waals surface area contributed by atoms with E-state index in [1.807, 2.05) is 13.0 Å². The first-order valence-corrected chi connectivity index (χ1v) is 6.43. The van der Waals surface area contributed by atoms with Crippen molar-refractivity contribution in [3.8, 4) is 0 Å². The monoisotopic (exact) mass is 291 g/mol. The first kappa shape index (κ1) is 14.6. The third kappa shape index (κ3) is 4.68. The minimum absolute atomic E-state index is 0.0296. The molecule has 2 aromatic rings. The summed E-state index contributed by atoms with van der Waals surface area (Å²) in [6.45, 7) is 1.84. The lowest BCUT2D eigenvalue weighted by Gasteiger charge is -2.12. The molecule has 0 fully saturated rings. The van der Waals surface area contributed by atoms with Gasteiger partial charge in [-0.15, -0.1) is 0 Å². The van der Waals surface area contributed by atoms with E-state index in [0.29, 0.717) is 12.1 Å². The number of nitrogens with one attached hydrogen (secondary N) is 2. The van der Waals surface area contributed by atoms with Gasteiger partial charge in [-0.3, -0.25) is 9.48 Å².